The van der Waals surface area contributed by atoms with Crippen molar-refractivity contribution in [2.45, 2.75) is 12.8 Å². The van der Waals surface area contributed by atoms with Gasteiger partial charge in [-0.3, -0.25) is 4.79 Å². The maximum absolute atomic E-state index is 9.93. The van der Waals surface area contributed by atoms with E-state index in [9.17, 15) is 14.7 Å². The first kappa shape index (κ1) is 14.4. The van der Waals surface area contributed by atoms with E-state index >= 15 is 0 Å². The van der Waals surface area contributed by atoms with Crippen molar-refractivity contribution in [3.8, 4) is 0 Å². The Kier molecular flexibility index (Phi) is 10.8. The van der Waals surface area contributed by atoms with Crippen LogP contribution in [0.3, 0.4) is 0 Å². The van der Waals surface area contributed by atoms with Gasteiger partial charge >= 0.3 is 35.5 Å². The van der Waals surface area contributed by atoms with Crippen molar-refractivity contribution in [2.24, 2.45) is 0 Å². The van der Waals surface area contributed by atoms with E-state index in [0.29, 0.717) is 6.54 Å². The Morgan fingerprint density at radius 1 is 1.25 bits per heavy atom. The van der Waals surface area contributed by atoms with E-state index in [1.54, 1.807) is 0 Å². The molecule has 0 heterocycles. The minimum absolute atomic E-state index is 0. The maximum atomic E-state index is 9.93. The van der Waals surface area contributed by atoms with Gasteiger partial charge in [-0.25, -0.2) is 0 Å². The van der Waals surface area contributed by atoms with E-state index in [1.807, 2.05) is 0 Å². The first-order valence-electron chi connectivity index (χ1n) is 3.25. The van der Waals surface area contributed by atoms with Gasteiger partial charge < -0.3 is 20.3 Å². The van der Waals surface area contributed by atoms with Crippen molar-refractivity contribution in [1.29, 1.82) is 0 Å². The van der Waals surface area contributed by atoms with Crippen LogP contribution in [-0.4, -0.2) is 30.1 Å². The average molecular weight is 183 g/mol. The fourth-order valence-electron chi connectivity index (χ4n) is 0.511. The molecule has 0 saturated heterocycles. The molecule has 6 heteroatoms. The van der Waals surface area contributed by atoms with Crippen LogP contribution in [0.15, 0.2) is 0 Å². The number of aliphatic carboxylic acids is 2. The summed E-state index contributed by atoms with van der Waals surface area (Å²) in [5, 5.41) is 20.6. The van der Waals surface area contributed by atoms with Crippen molar-refractivity contribution >= 4 is 11.9 Å². The molecule has 0 unspecified atom stereocenters. The summed E-state index contributed by atoms with van der Waals surface area (Å²) in [5.41, 5.74) is 0. The molecular weight excluding hydrogens is 173 g/mol. The van der Waals surface area contributed by atoms with Crippen molar-refractivity contribution in [3.05, 3.63) is 0 Å². The van der Waals surface area contributed by atoms with Crippen LogP contribution in [0.4, 0.5) is 0 Å². The van der Waals surface area contributed by atoms with E-state index in [4.69, 9.17) is 5.11 Å². The molecule has 64 valence electrons. The van der Waals surface area contributed by atoms with Crippen molar-refractivity contribution in [1.82, 2.24) is 5.32 Å². The zero-order valence-electron chi connectivity index (χ0n) is 7.00. The fourth-order valence-corrected chi connectivity index (χ4v) is 0.511. The predicted molar refractivity (Wildman–Crippen MR) is 34.7 cm³/mol. The molecule has 0 amide bonds. The second kappa shape index (κ2) is 8.99. The van der Waals surface area contributed by atoms with Crippen molar-refractivity contribution in [3.63, 3.8) is 0 Å². The Morgan fingerprint density at radius 2 is 1.75 bits per heavy atom. The quantitative estimate of drug-likeness (QED) is 0.318. The molecular formula is C6H10NNaO4. The summed E-state index contributed by atoms with van der Waals surface area (Å²) >= 11 is 0. The minimum atomic E-state index is -1.13. The molecule has 2 N–H and O–H groups in total. The molecule has 0 aromatic rings. The molecule has 0 aliphatic heterocycles. The molecule has 0 aromatic heterocycles. The van der Waals surface area contributed by atoms with E-state index in [0.717, 1.165) is 0 Å². The second-order valence-corrected chi connectivity index (χ2v) is 2.02. The van der Waals surface area contributed by atoms with Crippen molar-refractivity contribution in [2.75, 3.05) is 13.1 Å². The van der Waals surface area contributed by atoms with E-state index < -0.39 is 11.9 Å². The number of rotatable bonds is 6. The molecule has 0 aliphatic rings. The van der Waals surface area contributed by atoms with E-state index in [-0.39, 0.29) is 48.9 Å². The zero-order valence-corrected chi connectivity index (χ0v) is 9.00. The summed E-state index contributed by atoms with van der Waals surface area (Å²) in [6, 6.07) is 0. The molecule has 0 radical (unpaired) electrons. The normalized spacial score (nSPS) is 8.67. The molecule has 5 nitrogen and oxygen atoms in total. The van der Waals surface area contributed by atoms with Gasteiger partial charge in [0.25, 0.3) is 0 Å². The number of carboxylic acid groups (broad SMARTS) is 2. The SMILES string of the molecule is O=C([O-])CCNCCC(=O)O.[Na+]. The zero-order chi connectivity index (χ0) is 8.69. The van der Waals surface area contributed by atoms with Gasteiger partial charge in [-0.15, -0.1) is 0 Å². The molecule has 0 atom stereocenters. The smallest absolute Gasteiger partial charge is 0.550 e. The molecule has 12 heavy (non-hydrogen) atoms. The third-order valence-electron chi connectivity index (χ3n) is 1.02. The molecule has 0 aromatic carbocycles. The molecule has 0 saturated carbocycles. The molecule has 0 bridgehead atoms. The van der Waals surface area contributed by atoms with Crippen LogP contribution in [0.1, 0.15) is 12.8 Å². The van der Waals surface area contributed by atoms with Crippen LogP contribution in [0.25, 0.3) is 0 Å². The Hall–Kier alpha value is -0.100. The van der Waals surface area contributed by atoms with Crippen LogP contribution in [-0.2, 0) is 9.59 Å². The molecule has 0 aliphatic carbocycles. The third kappa shape index (κ3) is 12.6. The first-order chi connectivity index (χ1) is 5.13. The Labute approximate surface area is 92.4 Å². The van der Waals surface area contributed by atoms with Gasteiger partial charge in [-0.2, -0.15) is 0 Å². The minimum Gasteiger partial charge on any atom is -0.550 e. The summed E-state index contributed by atoms with van der Waals surface area (Å²) < 4.78 is 0. The topological polar surface area (TPSA) is 89.5 Å². The standard InChI is InChI=1S/C6H11NO4.Na/c8-5(9)1-3-7-4-2-6(10)11;/h7H,1-4H2,(H,8,9)(H,10,11);/q;+1/p-1. The van der Waals surface area contributed by atoms with Crippen LogP contribution in [0.2, 0.25) is 0 Å². The maximum Gasteiger partial charge on any atom is 1.00 e. The Balaban J connectivity index is 0. The number of carboxylic acids is 2. The summed E-state index contributed by atoms with van der Waals surface area (Å²) in [5.74, 6) is -2.03. The van der Waals surface area contributed by atoms with Gasteiger partial charge in [0.1, 0.15) is 0 Å². The third-order valence-corrected chi connectivity index (χ3v) is 1.02. The Morgan fingerprint density at radius 3 is 2.17 bits per heavy atom. The van der Waals surface area contributed by atoms with Crippen LogP contribution in [0.5, 0.6) is 0 Å². The second-order valence-electron chi connectivity index (χ2n) is 2.02. The van der Waals surface area contributed by atoms with E-state index in [1.165, 1.54) is 0 Å². The van der Waals surface area contributed by atoms with Gasteiger partial charge in [0.05, 0.1) is 6.42 Å². The first-order valence-corrected chi connectivity index (χ1v) is 3.25. The van der Waals surface area contributed by atoms with Crippen LogP contribution >= 0.6 is 0 Å². The van der Waals surface area contributed by atoms with Crippen LogP contribution in [0, 0.1) is 0 Å². The summed E-state index contributed by atoms with van der Waals surface area (Å²) in [4.78, 5) is 19.8. The monoisotopic (exact) mass is 183 g/mol. The Bertz CT molecular complexity index is 134. The fraction of sp³-hybridized carbons (Fsp3) is 0.667. The summed E-state index contributed by atoms with van der Waals surface area (Å²) in [7, 11) is 0. The molecule has 0 rings (SSSR count). The average Bonchev–Trinajstić information content (AvgIpc) is 1.85. The van der Waals surface area contributed by atoms with Gasteiger partial charge in [0, 0.05) is 19.1 Å². The van der Waals surface area contributed by atoms with E-state index in [2.05, 4.69) is 5.32 Å². The van der Waals surface area contributed by atoms with Crippen LogP contribution < -0.4 is 40.0 Å². The number of carbonyl (C=O) groups is 2. The largest absolute Gasteiger partial charge is 1.00 e. The summed E-state index contributed by atoms with van der Waals surface area (Å²) in [6.45, 7) is 0.554. The number of hydrogen-bond acceptors (Lipinski definition) is 4. The van der Waals surface area contributed by atoms with Gasteiger partial charge in [-0.05, 0) is 6.42 Å². The molecule has 0 fully saturated rings. The van der Waals surface area contributed by atoms with Crippen molar-refractivity contribution < 1.29 is 49.4 Å². The molecule has 0 spiro atoms. The summed E-state index contributed by atoms with van der Waals surface area (Å²) in [6.07, 6.45) is -0.0767. The number of carbonyl (C=O) groups excluding carboxylic acids is 1. The van der Waals surface area contributed by atoms with Gasteiger partial charge in [0.15, 0.2) is 0 Å². The number of hydrogen-bond donors (Lipinski definition) is 2. The van der Waals surface area contributed by atoms with Gasteiger partial charge in [0.2, 0.25) is 0 Å². The number of nitrogens with one attached hydrogen (secondary N) is 1. The van der Waals surface area contributed by atoms with Gasteiger partial charge in [-0.1, -0.05) is 0 Å². The predicted octanol–water partition coefficient (Wildman–Crippen LogP) is -4.81.